The van der Waals surface area contributed by atoms with Gasteiger partial charge in [-0.1, -0.05) is 18.2 Å². The van der Waals surface area contributed by atoms with Crippen molar-refractivity contribution >= 4 is 16.8 Å². The summed E-state index contributed by atoms with van der Waals surface area (Å²) in [7, 11) is 0. The van der Waals surface area contributed by atoms with Gasteiger partial charge in [0.25, 0.3) is 5.91 Å². The molecule has 2 heterocycles. The van der Waals surface area contributed by atoms with Crippen LogP contribution in [0.15, 0.2) is 48.8 Å². The Balaban J connectivity index is 2.33. The van der Waals surface area contributed by atoms with Gasteiger partial charge in [0.05, 0.1) is 5.52 Å². The number of rotatable bonds is 2. The van der Waals surface area contributed by atoms with E-state index in [1.54, 1.807) is 30.5 Å². The monoisotopic (exact) mass is 267 g/mol. The number of amides is 1. The third-order valence-electron chi connectivity index (χ3n) is 3.02. The van der Waals surface area contributed by atoms with E-state index >= 15 is 0 Å². The number of hydrogen-bond donors (Lipinski definition) is 1. The molecule has 0 fully saturated rings. The van der Waals surface area contributed by atoms with Crippen molar-refractivity contribution in [3.63, 3.8) is 0 Å². The van der Waals surface area contributed by atoms with Crippen LogP contribution in [0.4, 0.5) is 4.39 Å². The zero-order chi connectivity index (χ0) is 14.1. The molecule has 4 nitrogen and oxygen atoms in total. The molecule has 2 aromatic heterocycles. The topological polar surface area (TPSA) is 68.9 Å². The minimum absolute atomic E-state index is 0.140. The molecule has 0 unspecified atom stereocenters. The number of nitrogens with two attached hydrogens (primary N) is 1. The second-order valence-electron chi connectivity index (χ2n) is 4.30. The third kappa shape index (κ3) is 1.99. The number of fused-ring (bicyclic) bond motifs is 1. The van der Waals surface area contributed by atoms with Crippen molar-refractivity contribution in [2.75, 3.05) is 0 Å². The number of pyridine rings is 2. The summed E-state index contributed by atoms with van der Waals surface area (Å²) in [5.41, 5.74) is 6.79. The number of halogens is 1. The van der Waals surface area contributed by atoms with Crippen molar-refractivity contribution in [2.24, 2.45) is 5.73 Å². The number of hydrogen-bond acceptors (Lipinski definition) is 3. The summed E-state index contributed by atoms with van der Waals surface area (Å²) < 4.78 is 13.9. The van der Waals surface area contributed by atoms with Gasteiger partial charge in [0.1, 0.15) is 11.5 Å². The van der Waals surface area contributed by atoms with Crippen molar-refractivity contribution in [1.29, 1.82) is 0 Å². The Labute approximate surface area is 114 Å². The maximum absolute atomic E-state index is 13.9. The fourth-order valence-corrected chi connectivity index (χ4v) is 2.06. The van der Waals surface area contributed by atoms with Gasteiger partial charge in [-0.3, -0.25) is 9.78 Å². The molecule has 3 rings (SSSR count). The van der Waals surface area contributed by atoms with E-state index < -0.39 is 5.91 Å². The van der Waals surface area contributed by atoms with Crippen molar-refractivity contribution in [2.45, 2.75) is 0 Å². The van der Waals surface area contributed by atoms with Crippen LogP contribution in [0.3, 0.4) is 0 Å². The number of primary amides is 1. The highest BCUT2D eigenvalue weighted by atomic mass is 19.1. The number of benzene rings is 1. The molecule has 98 valence electrons. The standard InChI is InChI=1S/C15H10FN3O/c16-12-4-2-1-3-10(12)11-8-18-7-9-5-6-13(15(17)20)19-14(9)11/h1-8H,(H2,17,20). The van der Waals surface area contributed by atoms with Crippen LogP contribution >= 0.6 is 0 Å². The first-order valence-electron chi connectivity index (χ1n) is 5.96. The summed E-state index contributed by atoms with van der Waals surface area (Å²) in [6, 6.07) is 9.57. The molecule has 0 aliphatic heterocycles. The molecule has 20 heavy (non-hydrogen) atoms. The molecule has 0 atom stereocenters. The summed E-state index contributed by atoms with van der Waals surface area (Å²) in [6.07, 6.45) is 3.13. The lowest BCUT2D eigenvalue weighted by Crippen LogP contribution is -2.12. The van der Waals surface area contributed by atoms with E-state index in [1.165, 1.54) is 18.3 Å². The van der Waals surface area contributed by atoms with Gasteiger partial charge in [-0.25, -0.2) is 9.37 Å². The second-order valence-corrected chi connectivity index (χ2v) is 4.30. The largest absolute Gasteiger partial charge is 0.364 e. The van der Waals surface area contributed by atoms with Crippen molar-refractivity contribution < 1.29 is 9.18 Å². The van der Waals surface area contributed by atoms with Crippen LogP contribution in [-0.2, 0) is 0 Å². The zero-order valence-corrected chi connectivity index (χ0v) is 10.4. The van der Waals surface area contributed by atoms with Crippen LogP contribution in [0.2, 0.25) is 0 Å². The number of carbonyl (C=O) groups excluding carboxylic acids is 1. The van der Waals surface area contributed by atoms with Crippen molar-refractivity contribution in [1.82, 2.24) is 9.97 Å². The zero-order valence-electron chi connectivity index (χ0n) is 10.4. The Morgan fingerprint density at radius 2 is 1.85 bits per heavy atom. The second kappa shape index (κ2) is 4.70. The molecular formula is C15H10FN3O. The minimum atomic E-state index is -0.622. The number of carbonyl (C=O) groups is 1. The van der Waals surface area contributed by atoms with Crippen molar-refractivity contribution in [3.05, 3.63) is 60.3 Å². The molecule has 0 spiro atoms. The van der Waals surface area contributed by atoms with Gasteiger partial charge >= 0.3 is 0 Å². The third-order valence-corrected chi connectivity index (χ3v) is 3.02. The van der Waals surface area contributed by atoms with E-state index in [4.69, 9.17) is 5.73 Å². The molecule has 1 amide bonds. The highest BCUT2D eigenvalue weighted by Gasteiger charge is 2.11. The van der Waals surface area contributed by atoms with Gasteiger partial charge in [-0.05, 0) is 18.2 Å². The Kier molecular flexibility index (Phi) is 2.87. The predicted octanol–water partition coefficient (Wildman–Crippen LogP) is 2.53. The minimum Gasteiger partial charge on any atom is -0.364 e. The van der Waals surface area contributed by atoms with Crippen LogP contribution < -0.4 is 5.73 Å². The lowest BCUT2D eigenvalue weighted by atomic mass is 10.0. The molecule has 1 aromatic carbocycles. The predicted molar refractivity (Wildman–Crippen MR) is 73.4 cm³/mol. The summed E-state index contributed by atoms with van der Waals surface area (Å²) in [5, 5.41) is 0.718. The lowest BCUT2D eigenvalue weighted by molar-refractivity contribution is 0.0996. The Bertz CT molecular complexity index is 817. The highest BCUT2D eigenvalue weighted by molar-refractivity contribution is 5.97. The molecule has 3 aromatic rings. The average Bonchev–Trinajstić information content (AvgIpc) is 2.46. The lowest BCUT2D eigenvalue weighted by Gasteiger charge is -2.07. The Morgan fingerprint density at radius 1 is 1.05 bits per heavy atom. The first kappa shape index (κ1) is 12.2. The summed E-state index contributed by atoms with van der Waals surface area (Å²) in [6.45, 7) is 0. The van der Waals surface area contributed by atoms with Crippen molar-refractivity contribution in [3.8, 4) is 11.1 Å². The van der Waals surface area contributed by atoms with E-state index in [0.29, 0.717) is 16.6 Å². The van der Waals surface area contributed by atoms with Crippen LogP contribution in [0.1, 0.15) is 10.5 Å². The van der Waals surface area contributed by atoms with Crippen LogP contribution in [0.25, 0.3) is 22.0 Å². The fraction of sp³-hybridized carbons (Fsp3) is 0. The van der Waals surface area contributed by atoms with E-state index in [2.05, 4.69) is 9.97 Å². The van der Waals surface area contributed by atoms with Gasteiger partial charge < -0.3 is 5.73 Å². The molecule has 2 N–H and O–H groups in total. The molecule has 0 aliphatic rings. The molecule has 0 aliphatic carbocycles. The maximum atomic E-state index is 13.9. The molecular weight excluding hydrogens is 257 g/mol. The van der Waals surface area contributed by atoms with Gasteiger partial charge in [-0.15, -0.1) is 0 Å². The van der Waals surface area contributed by atoms with Gasteiger partial charge in [0.2, 0.25) is 0 Å². The van der Waals surface area contributed by atoms with E-state index in [-0.39, 0.29) is 11.5 Å². The van der Waals surface area contributed by atoms with E-state index in [0.717, 1.165) is 5.39 Å². The number of aromatic nitrogens is 2. The number of nitrogens with zero attached hydrogens (tertiary/aromatic N) is 2. The van der Waals surface area contributed by atoms with Gasteiger partial charge in [0.15, 0.2) is 0 Å². The molecule has 0 radical (unpaired) electrons. The molecule has 0 saturated heterocycles. The summed E-state index contributed by atoms with van der Waals surface area (Å²) in [5.74, 6) is -0.990. The quantitative estimate of drug-likeness (QED) is 0.775. The summed E-state index contributed by atoms with van der Waals surface area (Å²) >= 11 is 0. The SMILES string of the molecule is NC(=O)c1ccc2cncc(-c3ccccc3F)c2n1. The van der Waals surface area contributed by atoms with E-state index in [9.17, 15) is 9.18 Å². The van der Waals surface area contributed by atoms with Gasteiger partial charge in [0, 0.05) is 28.9 Å². The first-order chi connectivity index (χ1) is 9.66. The first-order valence-corrected chi connectivity index (χ1v) is 5.96. The highest BCUT2D eigenvalue weighted by Crippen LogP contribution is 2.28. The molecule has 0 saturated carbocycles. The van der Waals surface area contributed by atoms with E-state index in [1.807, 2.05) is 0 Å². The molecule has 0 bridgehead atoms. The normalized spacial score (nSPS) is 10.7. The van der Waals surface area contributed by atoms with Crippen LogP contribution in [0.5, 0.6) is 0 Å². The fourth-order valence-electron chi connectivity index (χ4n) is 2.06. The van der Waals surface area contributed by atoms with Gasteiger partial charge in [-0.2, -0.15) is 0 Å². The van der Waals surface area contributed by atoms with Crippen LogP contribution in [0, 0.1) is 5.82 Å². The molecule has 5 heteroatoms. The Hall–Kier alpha value is -2.82. The smallest absolute Gasteiger partial charge is 0.267 e. The Morgan fingerprint density at radius 3 is 2.60 bits per heavy atom. The average molecular weight is 267 g/mol. The summed E-state index contributed by atoms with van der Waals surface area (Å²) in [4.78, 5) is 19.5. The maximum Gasteiger partial charge on any atom is 0.267 e. The van der Waals surface area contributed by atoms with Crippen LogP contribution in [-0.4, -0.2) is 15.9 Å².